The van der Waals surface area contributed by atoms with Gasteiger partial charge in [0.05, 0.1) is 43.9 Å². The molecule has 0 amide bonds. The molecule has 1 N–H and O–H groups in total. The first-order chi connectivity index (χ1) is 24.3. The first-order valence-electron chi connectivity index (χ1n) is 15.1. The van der Waals surface area contributed by atoms with E-state index in [1.807, 2.05) is 49.4 Å². The van der Waals surface area contributed by atoms with Crippen LogP contribution in [0.2, 0.25) is 25.9 Å². The number of halogens is 8. The molecule has 7 aromatic rings. The maximum Gasteiger partial charge on any atom is 0.227 e. The molecule has 51 heavy (non-hydrogen) atoms. The summed E-state index contributed by atoms with van der Waals surface area (Å²) in [6.45, 7) is 3.54. The van der Waals surface area contributed by atoms with Crippen molar-refractivity contribution in [3.05, 3.63) is 146 Å². The predicted octanol–water partition coefficient (Wildman–Crippen LogP) is 12.6. The normalized spacial score (nSPS) is 12.1. The summed E-state index contributed by atoms with van der Waals surface area (Å²) in [5.74, 6) is -0.646. The number of benzene rings is 4. The second kappa shape index (κ2) is 17.2. The number of aromatic nitrogens is 5. The lowest BCUT2D eigenvalue weighted by atomic mass is 10.00. The SMILES string of the molecule is CC(Cl)c1cc2cccc(Cl)c2nc1-c1cccc(F)c1.CC(O)c1cc2cccc(Cl)c2nc1-c1cccc(F)c1.Clc1nc(Cl)nc(Cl)n1. The number of pyridine rings is 2. The van der Waals surface area contributed by atoms with Gasteiger partial charge in [0.15, 0.2) is 0 Å². The summed E-state index contributed by atoms with van der Waals surface area (Å²) in [7, 11) is 0. The van der Waals surface area contributed by atoms with E-state index in [0.29, 0.717) is 49.2 Å². The van der Waals surface area contributed by atoms with Gasteiger partial charge in [-0.25, -0.2) is 18.7 Å². The van der Waals surface area contributed by atoms with Crippen molar-refractivity contribution in [3.8, 4) is 22.5 Å². The van der Waals surface area contributed by atoms with Gasteiger partial charge in [0, 0.05) is 27.5 Å². The van der Waals surface area contributed by atoms with E-state index in [9.17, 15) is 13.9 Å². The molecular formula is C37H25Cl6F2N5O. The molecule has 3 aromatic heterocycles. The van der Waals surface area contributed by atoms with Crippen molar-refractivity contribution >= 4 is 91.4 Å². The van der Waals surface area contributed by atoms with Gasteiger partial charge in [-0.1, -0.05) is 71.7 Å². The smallest absolute Gasteiger partial charge is 0.227 e. The van der Waals surface area contributed by atoms with Gasteiger partial charge < -0.3 is 5.11 Å². The Hall–Kier alpha value is -3.73. The molecule has 3 heterocycles. The van der Waals surface area contributed by atoms with Gasteiger partial charge in [-0.15, -0.1) is 11.6 Å². The highest BCUT2D eigenvalue weighted by atomic mass is 35.5. The summed E-state index contributed by atoms with van der Waals surface area (Å²) >= 11 is 34.6. The summed E-state index contributed by atoms with van der Waals surface area (Å²) in [6, 6.07) is 27.4. The van der Waals surface area contributed by atoms with Crippen molar-refractivity contribution in [2.24, 2.45) is 0 Å². The fraction of sp³-hybridized carbons (Fsp3) is 0.108. The Morgan fingerprint density at radius 2 is 0.922 bits per heavy atom. The van der Waals surface area contributed by atoms with Crippen molar-refractivity contribution in [2.75, 3.05) is 0 Å². The molecule has 2 atom stereocenters. The topological polar surface area (TPSA) is 84.7 Å². The first kappa shape index (κ1) is 38.5. The Morgan fingerprint density at radius 3 is 1.31 bits per heavy atom. The number of rotatable bonds is 4. The molecule has 260 valence electrons. The van der Waals surface area contributed by atoms with Crippen molar-refractivity contribution in [2.45, 2.75) is 25.3 Å². The van der Waals surface area contributed by atoms with Gasteiger partial charge >= 0.3 is 0 Å². The van der Waals surface area contributed by atoms with Crippen LogP contribution in [0.15, 0.2) is 97.1 Å². The summed E-state index contributed by atoms with van der Waals surface area (Å²) in [5.41, 5.74) is 5.37. The fourth-order valence-electron chi connectivity index (χ4n) is 5.02. The van der Waals surface area contributed by atoms with Crippen molar-refractivity contribution in [1.29, 1.82) is 0 Å². The third-order valence-corrected chi connectivity index (χ3v) is 8.63. The van der Waals surface area contributed by atoms with Crippen LogP contribution in [-0.4, -0.2) is 30.0 Å². The van der Waals surface area contributed by atoms with Crippen LogP contribution in [0.5, 0.6) is 0 Å². The minimum absolute atomic E-state index is 0.000000000000000444. The lowest BCUT2D eigenvalue weighted by Crippen LogP contribution is -1.99. The zero-order chi connectivity index (χ0) is 36.8. The molecule has 14 heteroatoms. The molecule has 0 aliphatic rings. The van der Waals surface area contributed by atoms with Crippen molar-refractivity contribution in [1.82, 2.24) is 24.9 Å². The number of alkyl halides is 1. The molecule has 0 radical (unpaired) electrons. The van der Waals surface area contributed by atoms with E-state index in [2.05, 4.69) is 24.9 Å². The highest BCUT2D eigenvalue weighted by Gasteiger charge is 2.16. The molecule has 4 aromatic carbocycles. The van der Waals surface area contributed by atoms with Crippen LogP contribution in [-0.2, 0) is 0 Å². The van der Waals surface area contributed by atoms with Gasteiger partial charge in [0.2, 0.25) is 15.9 Å². The Kier molecular flexibility index (Phi) is 13.0. The molecule has 0 saturated carbocycles. The van der Waals surface area contributed by atoms with E-state index in [1.165, 1.54) is 24.3 Å². The number of para-hydroxylation sites is 2. The van der Waals surface area contributed by atoms with Gasteiger partial charge in [0.1, 0.15) is 11.6 Å². The maximum atomic E-state index is 13.5. The van der Waals surface area contributed by atoms with E-state index >= 15 is 0 Å². The Labute approximate surface area is 322 Å². The van der Waals surface area contributed by atoms with Gasteiger partial charge in [0.25, 0.3) is 0 Å². The van der Waals surface area contributed by atoms with Crippen LogP contribution in [0.1, 0.15) is 36.5 Å². The standard InChI is InChI=1S/C17H12Cl2FN.C17H13ClFNO.C3Cl3N3/c1-10(18)14-9-12-5-3-7-15(19)17(12)21-16(14)11-4-2-6-13(20)8-11;1-10(21)14-9-12-5-3-7-15(18)17(12)20-16(14)11-4-2-6-13(19)8-11;4-1-7-2(5)9-3(6)8-1/h2-10H,1H3;2-10,21H,1H3;. The Morgan fingerprint density at radius 1 is 0.529 bits per heavy atom. The number of nitrogens with zero attached hydrogens (tertiary/aromatic N) is 5. The monoisotopic (exact) mass is 803 g/mol. The first-order valence-corrected chi connectivity index (χ1v) is 17.4. The molecule has 2 unspecified atom stereocenters. The van der Waals surface area contributed by atoms with E-state index in [-0.39, 0.29) is 32.9 Å². The van der Waals surface area contributed by atoms with E-state index in [0.717, 1.165) is 16.3 Å². The Bertz CT molecular complexity index is 2160. The molecule has 0 spiro atoms. The molecule has 0 aliphatic carbocycles. The molecule has 7 rings (SSSR count). The molecule has 6 nitrogen and oxygen atoms in total. The lowest BCUT2D eigenvalue weighted by Gasteiger charge is -2.14. The number of hydrogen-bond donors (Lipinski definition) is 1. The second-order valence-electron chi connectivity index (χ2n) is 10.9. The summed E-state index contributed by atoms with van der Waals surface area (Å²) in [6.07, 6.45) is -0.709. The quantitative estimate of drug-likeness (QED) is 0.178. The van der Waals surface area contributed by atoms with Crippen LogP contribution < -0.4 is 0 Å². The van der Waals surface area contributed by atoms with Crippen LogP contribution in [0, 0.1) is 11.6 Å². The average Bonchev–Trinajstić information content (AvgIpc) is 3.07. The molecule has 0 fully saturated rings. The molecule has 0 saturated heterocycles. The molecular weight excluding hydrogens is 781 g/mol. The van der Waals surface area contributed by atoms with Crippen LogP contribution in [0.4, 0.5) is 8.78 Å². The summed E-state index contributed by atoms with van der Waals surface area (Å²) in [4.78, 5) is 19.5. The minimum Gasteiger partial charge on any atom is -0.389 e. The third-order valence-electron chi connectivity index (χ3n) is 7.28. The average molecular weight is 806 g/mol. The summed E-state index contributed by atoms with van der Waals surface area (Å²) in [5, 5.41) is 12.6. The number of hydrogen-bond acceptors (Lipinski definition) is 6. The molecule has 0 bridgehead atoms. The Balaban J connectivity index is 0.000000160. The number of aliphatic hydroxyl groups is 1. The van der Waals surface area contributed by atoms with Gasteiger partial charge in [-0.2, -0.15) is 15.0 Å². The number of aliphatic hydroxyl groups excluding tert-OH is 1. The highest BCUT2D eigenvalue weighted by molar-refractivity contribution is 6.35. The van der Waals surface area contributed by atoms with Crippen LogP contribution in [0.25, 0.3) is 44.3 Å². The fourth-order valence-corrected chi connectivity index (χ4v) is 6.24. The summed E-state index contributed by atoms with van der Waals surface area (Å²) < 4.78 is 27.0. The van der Waals surface area contributed by atoms with E-state index < -0.39 is 6.10 Å². The lowest BCUT2D eigenvalue weighted by molar-refractivity contribution is 0.199. The zero-order valence-corrected chi connectivity index (χ0v) is 31.1. The second-order valence-corrected chi connectivity index (χ2v) is 13.4. The van der Waals surface area contributed by atoms with E-state index in [4.69, 9.17) is 69.6 Å². The third kappa shape index (κ3) is 9.78. The maximum absolute atomic E-state index is 13.5. The molecule has 0 aliphatic heterocycles. The number of fused-ring (bicyclic) bond motifs is 2. The minimum atomic E-state index is -0.709. The van der Waals surface area contributed by atoms with Crippen LogP contribution in [0.3, 0.4) is 0 Å². The van der Waals surface area contributed by atoms with Crippen molar-refractivity contribution < 1.29 is 13.9 Å². The van der Waals surface area contributed by atoms with Crippen molar-refractivity contribution in [3.63, 3.8) is 0 Å². The van der Waals surface area contributed by atoms with Crippen LogP contribution >= 0.6 is 69.6 Å². The van der Waals surface area contributed by atoms with Gasteiger partial charge in [-0.3, -0.25) is 0 Å². The predicted molar refractivity (Wildman–Crippen MR) is 204 cm³/mol. The largest absolute Gasteiger partial charge is 0.389 e. The van der Waals surface area contributed by atoms with E-state index in [1.54, 1.807) is 37.3 Å². The van der Waals surface area contributed by atoms with Gasteiger partial charge in [-0.05, 0) is 103 Å². The zero-order valence-electron chi connectivity index (χ0n) is 26.6. The highest BCUT2D eigenvalue weighted by Crippen LogP contribution is 2.35.